The summed E-state index contributed by atoms with van der Waals surface area (Å²) in [6.45, 7) is 9.61. The summed E-state index contributed by atoms with van der Waals surface area (Å²) in [6.07, 6.45) is 0.869. The van der Waals surface area contributed by atoms with E-state index in [1.807, 2.05) is 0 Å². The molecule has 0 radical (unpaired) electrons. The second-order valence-corrected chi connectivity index (χ2v) is 7.79. The van der Waals surface area contributed by atoms with Gasteiger partial charge in [0.25, 0.3) is 0 Å². The first-order valence-corrected chi connectivity index (χ1v) is 10.0. The van der Waals surface area contributed by atoms with E-state index < -0.39 is 0 Å². The number of benzene rings is 3. The van der Waals surface area contributed by atoms with Crippen molar-refractivity contribution in [3.8, 4) is 5.75 Å². The van der Waals surface area contributed by atoms with Crippen LogP contribution in [0, 0.1) is 13.8 Å². The van der Waals surface area contributed by atoms with Gasteiger partial charge in [0.05, 0.1) is 7.11 Å². The standard InChI is InChI=1S/C26H31NO/c1-18(2)23-13-11-21(12-14-23)16-24-20(4)26(19(3)15-25(24)28-5)27-17-22-9-7-6-8-10-22/h6-15,18,27H,16-17H2,1-5H3. The summed E-state index contributed by atoms with van der Waals surface area (Å²) in [4.78, 5) is 0. The fraction of sp³-hybridized carbons (Fsp3) is 0.308. The largest absolute Gasteiger partial charge is 0.496 e. The van der Waals surface area contributed by atoms with Crippen molar-refractivity contribution in [2.24, 2.45) is 0 Å². The van der Waals surface area contributed by atoms with Crippen molar-refractivity contribution in [3.05, 3.63) is 94.0 Å². The monoisotopic (exact) mass is 373 g/mol. The van der Waals surface area contributed by atoms with Gasteiger partial charge in [-0.2, -0.15) is 0 Å². The van der Waals surface area contributed by atoms with Crippen LogP contribution in [0.2, 0.25) is 0 Å². The predicted octanol–water partition coefficient (Wildman–Crippen LogP) is 6.64. The molecule has 0 aliphatic heterocycles. The molecule has 0 aromatic heterocycles. The summed E-state index contributed by atoms with van der Waals surface area (Å²) in [5.74, 6) is 1.52. The Balaban J connectivity index is 1.88. The van der Waals surface area contributed by atoms with Gasteiger partial charge in [-0.05, 0) is 53.6 Å². The van der Waals surface area contributed by atoms with E-state index >= 15 is 0 Å². The molecule has 3 aromatic carbocycles. The smallest absolute Gasteiger partial charge is 0.123 e. The zero-order chi connectivity index (χ0) is 20.1. The van der Waals surface area contributed by atoms with Crippen molar-refractivity contribution in [2.45, 2.75) is 46.6 Å². The number of nitrogens with one attached hydrogen (secondary N) is 1. The Labute approximate surface area is 169 Å². The third-order valence-electron chi connectivity index (χ3n) is 5.43. The van der Waals surface area contributed by atoms with Gasteiger partial charge in [0.15, 0.2) is 0 Å². The molecular weight excluding hydrogens is 342 g/mol. The van der Waals surface area contributed by atoms with Crippen molar-refractivity contribution in [1.29, 1.82) is 0 Å². The molecule has 2 nitrogen and oxygen atoms in total. The van der Waals surface area contributed by atoms with E-state index in [0.717, 1.165) is 18.7 Å². The lowest BCUT2D eigenvalue weighted by Gasteiger charge is -2.20. The van der Waals surface area contributed by atoms with Crippen LogP contribution in [0.4, 0.5) is 5.69 Å². The molecule has 0 aliphatic carbocycles. The number of methoxy groups -OCH3 is 1. The number of hydrogen-bond donors (Lipinski definition) is 1. The van der Waals surface area contributed by atoms with Gasteiger partial charge in [-0.3, -0.25) is 0 Å². The molecule has 0 unspecified atom stereocenters. The molecule has 3 aromatic rings. The third-order valence-corrected chi connectivity index (χ3v) is 5.43. The van der Waals surface area contributed by atoms with Crippen LogP contribution in [0.1, 0.15) is 53.1 Å². The molecule has 28 heavy (non-hydrogen) atoms. The summed E-state index contributed by atoms with van der Waals surface area (Å²) in [5.41, 5.74) is 8.90. The van der Waals surface area contributed by atoms with Crippen molar-refractivity contribution < 1.29 is 4.74 Å². The Hall–Kier alpha value is -2.74. The molecule has 3 rings (SSSR count). The molecule has 0 atom stereocenters. The molecule has 0 fully saturated rings. The van der Waals surface area contributed by atoms with Gasteiger partial charge in [0.1, 0.15) is 5.75 Å². The van der Waals surface area contributed by atoms with Crippen LogP contribution >= 0.6 is 0 Å². The van der Waals surface area contributed by atoms with Crippen molar-refractivity contribution in [1.82, 2.24) is 0 Å². The first-order chi connectivity index (χ1) is 13.5. The lowest BCUT2D eigenvalue weighted by Crippen LogP contribution is -2.07. The van der Waals surface area contributed by atoms with E-state index in [-0.39, 0.29) is 0 Å². The molecule has 1 N–H and O–H groups in total. The van der Waals surface area contributed by atoms with E-state index in [1.54, 1.807) is 7.11 Å². The van der Waals surface area contributed by atoms with E-state index in [2.05, 4.69) is 93.7 Å². The lowest BCUT2D eigenvalue weighted by atomic mass is 9.94. The molecule has 146 valence electrons. The fourth-order valence-electron chi connectivity index (χ4n) is 3.67. The van der Waals surface area contributed by atoms with Gasteiger partial charge >= 0.3 is 0 Å². The first kappa shape index (κ1) is 20.0. The number of hydrogen-bond acceptors (Lipinski definition) is 2. The Morgan fingerprint density at radius 1 is 0.893 bits per heavy atom. The molecule has 0 saturated heterocycles. The van der Waals surface area contributed by atoms with Crippen LogP contribution in [0.5, 0.6) is 5.75 Å². The van der Waals surface area contributed by atoms with E-state index in [1.165, 1.54) is 39.1 Å². The fourth-order valence-corrected chi connectivity index (χ4v) is 3.67. The minimum atomic E-state index is 0.554. The van der Waals surface area contributed by atoms with Crippen LogP contribution in [-0.2, 0) is 13.0 Å². The maximum atomic E-state index is 5.73. The topological polar surface area (TPSA) is 21.3 Å². The van der Waals surface area contributed by atoms with Crippen LogP contribution in [-0.4, -0.2) is 7.11 Å². The summed E-state index contributed by atoms with van der Waals surface area (Å²) in [5, 5.41) is 3.64. The quantitative estimate of drug-likeness (QED) is 0.501. The average molecular weight is 374 g/mol. The van der Waals surface area contributed by atoms with Gasteiger partial charge in [-0.25, -0.2) is 0 Å². The summed E-state index contributed by atoms with van der Waals surface area (Å²) in [6, 6.07) is 21.6. The second-order valence-electron chi connectivity index (χ2n) is 7.79. The van der Waals surface area contributed by atoms with E-state index in [4.69, 9.17) is 4.74 Å². The highest BCUT2D eigenvalue weighted by Crippen LogP contribution is 2.34. The van der Waals surface area contributed by atoms with Gasteiger partial charge in [0.2, 0.25) is 0 Å². The summed E-state index contributed by atoms with van der Waals surface area (Å²) >= 11 is 0. The number of rotatable bonds is 7. The molecule has 0 aliphatic rings. The van der Waals surface area contributed by atoms with Crippen LogP contribution < -0.4 is 10.1 Å². The minimum absolute atomic E-state index is 0.554. The molecule has 2 heteroatoms. The van der Waals surface area contributed by atoms with E-state index in [0.29, 0.717) is 5.92 Å². The minimum Gasteiger partial charge on any atom is -0.496 e. The molecule has 0 heterocycles. The third kappa shape index (κ3) is 4.56. The van der Waals surface area contributed by atoms with Crippen molar-refractivity contribution in [3.63, 3.8) is 0 Å². The Bertz CT molecular complexity index is 911. The molecule has 0 saturated carbocycles. The molecule has 0 spiro atoms. The summed E-state index contributed by atoms with van der Waals surface area (Å²) < 4.78 is 5.73. The average Bonchev–Trinajstić information content (AvgIpc) is 2.71. The molecule has 0 amide bonds. The van der Waals surface area contributed by atoms with Crippen molar-refractivity contribution in [2.75, 3.05) is 12.4 Å². The molecule has 0 bridgehead atoms. The highest BCUT2D eigenvalue weighted by molar-refractivity contribution is 5.64. The lowest BCUT2D eigenvalue weighted by molar-refractivity contribution is 0.410. The van der Waals surface area contributed by atoms with E-state index in [9.17, 15) is 0 Å². The first-order valence-electron chi connectivity index (χ1n) is 10.0. The molecular formula is C26H31NO. The van der Waals surface area contributed by atoms with Gasteiger partial charge in [-0.1, -0.05) is 68.4 Å². The Morgan fingerprint density at radius 3 is 2.18 bits per heavy atom. The number of aryl methyl sites for hydroxylation is 1. The zero-order valence-corrected chi connectivity index (χ0v) is 17.7. The summed E-state index contributed by atoms with van der Waals surface area (Å²) in [7, 11) is 1.76. The van der Waals surface area contributed by atoms with Gasteiger partial charge < -0.3 is 10.1 Å². The normalized spacial score (nSPS) is 10.9. The van der Waals surface area contributed by atoms with Crippen molar-refractivity contribution >= 4 is 5.69 Å². The Kier molecular flexibility index (Phi) is 6.41. The maximum absolute atomic E-state index is 5.73. The van der Waals surface area contributed by atoms with Gasteiger partial charge in [-0.15, -0.1) is 0 Å². The van der Waals surface area contributed by atoms with Crippen LogP contribution in [0.25, 0.3) is 0 Å². The maximum Gasteiger partial charge on any atom is 0.123 e. The number of anilines is 1. The zero-order valence-electron chi connectivity index (χ0n) is 17.7. The second kappa shape index (κ2) is 8.97. The SMILES string of the molecule is COc1cc(C)c(NCc2ccccc2)c(C)c1Cc1ccc(C(C)C)cc1. The highest BCUT2D eigenvalue weighted by Gasteiger charge is 2.14. The van der Waals surface area contributed by atoms with Gasteiger partial charge in [0, 0.05) is 24.2 Å². The highest BCUT2D eigenvalue weighted by atomic mass is 16.5. The number of ether oxygens (including phenoxy) is 1. The predicted molar refractivity (Wildman–Crippen MR) is 120 cm³/mol. The van der Waals surface area contributed by atoms with Crippen LogP contribution in [0.3, 0.4) is 0 Å². The van der Waals surface area contributed by atoms with Crippen LogP contribution in [0.15, 0.2) is 60.7 Å². The Morgan fingerprint density at radius 2 is 1.57 bits per heavy atom.